The van der Waals surface area contributed by atoms with Crippen molar-refractivity contribution in [3.05, 3.63) is 71.0 Å². The van der Waals surface area contributed by atoms with E-state index < -0.39 is 0 Å². The topological polar surface area (TPSA) is 67.4 Å². The lowest BCUT2D eigenvalue weighted by Crippen LogP contribution is -2.35. The molecule has 1 aliphatic heterocycles. The van der Waals surface area contributed by atoms with E-state index in [-0.39, 0.29) is 12.3 Å². The van der Waals surface area contributed by atoms with Crippen LogP contribution in [0.4, 0.5) is 0 Å². The minimum absolute atomic E-state index is 0.0356. The van der Waals surface area contributed by atoms with Crippen molar-refractivity contribution in [3.8, 4) is 10.6 Å². The Morgan fingerprint density at radius 3 is 2.72 bits per heavy atom. The second-order valence-corrected chi connectivity index (χ2v) is 7.90. The molecule has 0 saturated carbocycles. The summed E-state index contributed by atoms with van der Waals surface area (Å²) in [5, 5.41) is 5.82. The fraction of sp³-hybridized carbons (Fsp3) is 0.318. The number of amides is 1. The van der Waals surface area contributed by atoms with Gasteiger partial charge in [-0.05, 0) is 17.2 Å². The lowest BCUT2D eigenvalue weighted by Gasteiger charge is -2.26. The Bertz CT molecular complexity index is 922. The van der Waals surface area contributed by atoms with Crippen LogP contribution in [0.5, 0.6) is 0 Å². The van der Waals surface area contributed by atoms with Crippen LogP contribution in [0.25, 0.3) is 10.6 Å². The highest BCUT2D eigenvalue weighted by Crippen LogP contribution is 2.24. The van der Waals surface area contributed by atoms with Gasteiger partial charge in [-0.1, -0.05) is 30.3 Å². The molecule has 1 fully saturated rings. The first-order valence-electron chi connectivity index (χ1n) is 9.76. The van der Waals surface area contributed by atoms with Gasteiger partial charge in [0.2, 0.25) is 5.91 Å². The SMILES string of the molecule is O=C(Cc1csc(-c2ccc(CN3CCOCC3)cc2)n1)NCc1cccnc1. The Morgan fingerprint density at radius 1 is 1.14 bits per heavy atom. The molecule has 1 aromatic carbocycles. The van der Waals surface area contributed by atoms with Crippen LogP contribution in [-0.2, 0) is 29.0 Å². The van der Waals surface area contributed by atoms with Crippen molar-refractivity contribution in [2.75, 3.05) is 26.3 Å². The Kier molecular flexibility index (Phi) is 6.61. The van der Waals surface area contributed by atoms with Crippen LogP contribution >= 0.6 is 11.3 Å². The molecule has 1 N–H and O–H groups in total. The van der Waals surface area contributed by atoms with Crippen molar-refractivity contribution in [1.82, 2.24) is 20.2 Å². The van der Waals surface area contributed by atoms with Gasteiger partial charge in [0.1, 0.15) is 5.01 Å². The van der Waals surface area contributed by atoms with Gasteiger partial charge in [-0.2, -0.15) is 0 Å². The van der Waals surface area contributed by atoms with Gasteiger partial charge in [0.05, 0.1) is 25.3 Å². The van der Waals surface area contributed by atoms with E-state index in [0.29, 0.717) is 6.54 Å². The molecule has 1 amide bonds. The second-order valence-electron chi connectivity index (χ2n) is 7.04. The van der Waals surface area contributed by atoms with Crippen molar-refractivity contribution >= 4 is 17.2 Å². The Labute approximate surface area is 174 Å². The number of aromatic nitrogens is 2. The lowest BCUT2D eigenvalue weighted by atomic mass is 10.1. The summed E-state index contributed by atoms with van der Waals surface area (Å²) >= 11 is 1.57. The number of rotatable bonds is 7. The summed E-state index contributed by atoms with van der Waals surface area (Å²) in [6.07, 6.45) is 3.76. The maximum Gasteiger partial charge on any atom is 0.226 e. The van der Waals surface area contributed by atoms with Gasteiger partial charge < -0.3 is 10.1 Å². The molecule has 4 rings (SSSR count). The van der Waals surface area contributed by atoms with Crippen LogP contribution in [0.3, 0.4) is 0 Å². The predicted molar refractivity (Wildman–Crippen MR) is 113 cm³/mol. The highest BCUT2D eigenvalue weighted by Gasteiger charge is 2.12. The van der Waals surface area contributed by atoms with Gasteiger partial charge in [-0.25, -0.2) is 4.98 Å². The number of carbonyl (C=O) groups excluding carboxylic acids is 1. The number of thiazole rings is 1. The van der Waals surface area contributed by atoms with E-state index in [9.17, 15) is 4.79 Å². The van der Waals surface area contributed by atoms with Crippen molar-refractivity contribution < 1.29 is 9.53 Å². The maximum atomic E-state index is 12.2. The molecule has 1 saturated heterocycles. The number of pyridine rings is 1. The number of nitrogens with zero attached hydrogens (tertiary/aromatic N) is 3. The number of hydrogen-bond donors (Lipinski definition) is 1. The third-order valence-corrected chi connectivity index (χ3v) is 5.76. The Hall–Kier alpha value is -2.61. The molecule has 3 aromatic rings. The van der Waals surface area contributed by atoms with E-state index in [1.807, 2.05) is 17.5 Å². The van der Waals surface area contributed by atoms with Gasteiger partial charge in [0.25, 0.3) is 0 Å². The molecular weight excluding hydrogens is 384 g/mol. The first-order chi connectivity index (χ1) is 14.3. The molecule has 1 aliphatic rings. The molecule has 6 nitrogen and oxygen atoms in total. The minimum Gasteiger partial charge on any atom is -0.379 e. The number of hydrogen-bond acceptors (Lipinski definition) is 6. The van der Waals surface area contributed by atoms with Crippen molar-refractivity contribution in [2.24, 2.45) is 0 Å². The van der Waals surface area contributed by atoms with E-state index in [2.05, 4.69) is 44.5 Å². The molecule has 0 spiro atoms. The molecule has 7 heteroatoms. The summed E-state index contributed by atoms with van der Waals surface area (Å²) in [6.45, 7) is 5.03. The summed E-state index contributed by atoms with van der Waals surface area (Å²) < 4.78 is 5.40. The zero-order valence-corrected chi connectivity index (χ0v) is 17.0. The first kappa shape index (κ1) is 19.7. The average Bonchev–Trinajstić information content (AvgIpc) is 3.23. The van der Waals surface area contributed by atoms with Crippen LogP contribution in [0, 0.1) is 0 Å². The van der Waals surface area contributed by atoms with Gasteiger partial charge in [-0.3, -0.25) is 14.7 Å². The van der Waals surface area contributed by atoms with Gasteiger partial charge in [0, 0.05) is 49.5 Å². The molecule has 0 unspecified atom stereocenters. The van der Waals surface area contributed by atoms with Crippen molar-refractivity contribution in [1.29, 1.82) is 0 Å². The monoisotopic (exact) mass is 408 g/mol. The molecule has 0 atom stereocenters. The third kappa shape index (κ3) is 5.69. The molecule has 3 heterocycles. The number of nitrogens with one attached hydrogen (secondary N) is 1. The number of ether oxygens (including phenoxy) is 1. The Morgan fingerprint density at radius 2 is 1.97 bits per heavy atom. The smallest absolute Gasteiger partial charge is 0.226 e. The molecule has 0 aliphatic carbocycles. The van der Waals surface area contributed by atoms with E-state index >= 15 is 0 Å². The lowest BCUT2D eigenvalue weighted by molar-refractivity contribution is -0.120. The molecule has 29 heavy (non-hydrogen) atoms. The predicted octanol–water partition coefficient (Wildman–Crippen LogP) is 2.90. The Balaban J connectivity index is 1.30. The van der Waals surface area contributed by atoms with Gasteiger partial charge in [-0.15, -0.1) is 11.3 Å². The van der Waals surface area contributed by atoms with Crippen LogP contribution in [0.2, 0.25) is 0 Å². The summed E-state index contributed by atoms with van der Waals surface area (Å²) in [4.78, 5) is 23.3. The zero-order chi connectivity index (χ0) is 19.9. The maximum absolute atomic E-state index is 12.2. The molecule has 150 valence electrons. The minimum atomic E-state index is -0.0356. The van der Waals surface area contributed by atoms with E-state index in [4.69, 9.17) is 4.74 Å². The van der Waals surface area contributed by atoms with Gasteiger partial charge >= 0.3 is 0 Å². The standard InChI is InChI=1S/C22H24N4O2S/c27-21(24-14-18-2-1-7-23-13-18)12-20-16-29-22(25-20)19-5-3-17(4-6-19)15-26-8-10-28-11-9-26/h1-7,13,16H,8-12,14-15H2,(H,24,27). The van der Waals surface area contributed by atoms with E-state index in [1.54, 1.807) is 23.7 Å². The summed E-state index contributed by atoms with van der Waals surface area (Å²) in [5.41, 5.74) is 4.16. The average molecular weight is 409 g/mol. The normalized spacial score (nSPS) is 14.6. The first-order valence-corrected chi connectivity index (χ1v) is 10.6. The molecular formula is C22H24N4O2S. The van der Waals surface area contributed by atoms with E-state index in [1.165, 1.54) is 5.56 Å². The number of morpholine rings is 1. The summed E-state index contributed by atoms with van der Waals surface area (Å²) in [5.74, 6) is -0.0356. The number of benzene rings is 1. The quantitative estimate of drug-likeness (QED) is 0.651. The van der Waals surface area contributed by atoms with Crippen molar-refractivity contribution in [2.45, 2.75) is 19.5 Å². The highest BCUT2D eigenvalue weighted by molar-refractivity contribution is 7.13. The third-order valence-electron chi connectivity index (χ3n) is 4.82. The van der Waals surface area contributed by atoms with Crippen LogP contribution < -0.4 is 5.32 Å². The molecule has 2 aromatic heterocycles. The van der Waals surface area contributed by atoms with Crippen LogP contribution in [-0.4, -0.2) is 47.1 Å². The second kappa shape index (κ2) is 9.73. The van der Waals surface area contributed by atoms with Crippen molar-refractivity contribution in [3.63, 3.8) is 0 Å². The van der Waals surface area contributed by atoms with Crippen LogP contribution in [0.15, 0.2) is 54.2 Å². The molecule has 0 bridgehead atoms. The summed E-state index contributed by atoms with van der Waals surface area (Å²) in [6, 6.07) is 12.3. The van der Waals surface area contributed by atoms with Crippen LogP contribution in [0.1, 0.15) is 16.8 Å². The zero-order valence-electron chi connectivity index (χ0n) is 16.2. The van der Waals surface area contributed by atoms with E-state index in [0.717, 1.165) is 54.7 Å². The molecule has 0 radical (unpaired) electrons. The fourth-order valence-corrected chi connectivity index (χ4v) is 4.05. The fourth-order valence-electron chi connectivity index (χ4n) is 3.22. The summed E-state index contributed by atoms with van der Waals surface area (Å²) in [7, 11) is 0. The van der Waals surface area contributed by atoms with Gasteiger partial charge in [0.15, 0.2) is 0 Å². The largest absolute Gasteiger partial charge is 0.379 e. The number of carbonyl (C=O) groups is 1. The highest BCUT2D eigenvalue weighted by atomic mass is 32.1.